The van der Waals surface area contributed by atoms with Crippen LogP contribution in [0.4, 0.5) is 0 Å². The van der Waals surface area contributed by atoms with E-state index in [9.17, 15) is 0 Å². The topological polar surface area (TPSA) is 33.7 Å². The van der Waals surface area contributed by atoms with Gasteiger partial charge in [0.1, 0.15) is 11.5 Å². The van der Waals surface area contributed by atoms with E-state index in [1.165, 1.54) is 37.7 Å². The van der Waals surface area contributed by atoms with E-state index >= 15 is 0 Å². The first-order valence-corrected chi connectivity index (χ1v) is 16.5. The fraction of sp³-hybridized carbons (Fsp3) is 0.400. The summed E-state index contributed by atoms with van der Waals surface area (Å²) in [5.41, 5.74) is 8.09. The third kappa shape index (κ3) is 6.29. The highest BCUT2D eigenvalue weighted by Crippen LogP contribution is 2.57. The van der Waals surface area contributed by atoms with Crippen LogP contribution in [-0.2, 0) is 5.41 Å². The van der Waals surface area contributed by atoms with Gasteiger partial charge in [0, 0.05) is 23.8 Å². The van der Waals surface area contributed by atoms with Crippen LogP contribution in [0.3, 0.4) is 0 Å². The summed E-state index contributed by atoms with van der Waals surface area (Å²) in [5.74, 6) is 3.48. The molecule has 44 heavy (non-hydrogen) atoms. The van der Waals surface area contributed by atoms with Gasteiger partial charge >= 0.3 is 0 Å². The molecule has 1 heterocycles. The number of rotatable bonds is 9. The minimum Gasteiger partial charge on any atom is -0.497 e. The second-order valence-corrected chi connectivity index (χ2v) is 12.9. The number of fused-ring (bicyclic) bond motifs is 1. The van der Waals surface area contributed by atoms with Gasteiger partial charge in [0.15, 0.2) is 0 Å². The Bertz CT molecular complexity index is 1440. The van der Waals surface area contributed by atoms with Crippen molar-refractivity contribution in [2.24, 2.45) is 5.92 Å². The summed E-state index contributed by atoms with van der Waals surface area (Å²) < 4.78 is 11.3. The number of piperidine rings is 1. The largest absolute Gasteiger partial charge is 0.497 e. The summed E-state index contributed by atoms with van der Waals surface area (Å²) in [7, 11) is 5.93. The van der Waals surface area contributed by atoms with Gasteiger partial charge in [-0.2, -0.15) is 0 Å². The number of hydrogen-bond donors (Lipinski definition) is 1. The van der Waals surface area contributed by atoms with Crippen molar-refractivity contribution in [3.8, 4) is 11.5 Å². The van der Waals surface area contributed by atoms with Gasteiger partial charge in [0.2, 0.25) is 0 Å². The predicted octanol–water partition coefficient (Wildman–Crippen LogP) is 8.02. The molecule has 4 aliphatic rings. The molecule has 1 aliphatic heterocycles. The zero-order valence-electron chi connectivity index (χ0n) is 26.7. The first kappa shape index (κ1) is 30.4. The minimum atomic E-state index is 0.263. The molecule has 4 nitrogen and oxygen atoms in total. The first-order valence-electron chi connectivity index (χ1n) is 16.5. The van der Waals surface area contributed by atoms with E-state index in [4.69, 9.17) is 9.47 Å². The Hall–Kier alpha value is -3.60. The van der Waals surface area contributed by atoms with Gasteiger partial charge in [-0.25, -0.2) is 0 Å². The Morgan fingerprint density at radius 3 is 2.09 bits per heavy atom. The molecule has 0 unspecified atom stereocenters. The normalized spacial score (nSPS) is 23.6. The number of likely N-dealkylation sites (tertiary alicyclic amines) is 1. The van der Waals surface area contributed by atoms with Gasteiger partial charge in [-0.3, -0.25) is 0 Å². The Labute approximate surface area is 264 Å². The third-order valence-electron chi connectivity index (χ3n) is 10.3. The Morgan fingerprint density at radius 1 is 0.795 bits per heavy atom. The van der Waals surface area contributed by atoms with Gasteiger partial charge in [-0.1, -0.05) is 78.9 Å². The Morgan fingerprint density at radius 2 is 1.43 bits per heavy atom. The Kier molecular flexibility index (Phi) is 9.69. The van der Waals surface area contributed by atoms with E-state index in [0.717, 1.165) is 37.7 Å². The first-order chi connectivity index (χ1) is 21.6. The second kappa shape index (κ2) is 14.0. The van der Waals surface area contributed by atoms with Crippen molar-refractivity contribution in [2.75, 3.05) is 47.4 Å². The summed E-state index contributed by atoms with van der Waals surface area (Å²) in [5, 5.41) is 3.31. The predicted molar refractivity (Wildman–Crippen MR) is 181 cm³/mol. The van der Waals surface area contributed by atoms with E-state index in [-0.39, 0.29) is 5.41 Å². The van der Waals surface area contributed by atoms with E-state index < -0.39 is 0 Å². The second-order valence-electron chi connectivity index (χ2n) is 12.9. The molecule has 2 atom stereocenters. The lowest BCUT2D eigenvalue weighted by Gasteiger charge is -2.50. The van der Waals surface area contributed by atoms with Crippen molar-refractivity contribution in [3.63, 3.8) is 0 Å². The standard InChI is InChI=1S/C20H25NO2.C20H23N/c1-21-13-12-20(16-6-4-3-5-7-16)17(14-21)15-23-19-10-8-18(22-2)9-11-19;1-21-14-6-12-20-13-11-15(16-7-2-4-9-18(16)20)17-8-3-5-10-19(17)20/h3-11,17,20H,12-15H2,1-2H3;2-5,7-10,15,21H,6,11-14H2,1H3/t17-,20-;/m1./s1. The molecule has 1 saturated heterocycles. The summed E-state index contributed by atoms with van der Waals surface area (Å²) in [6.45, 7) is 4.08. The maximum Gasteiger partial charge on any atom is 0.119 e. The van der Waals surface area contributed by atoms with E-state index in [0.29, 0.717) is 17.8 Å². The quantitative estimate of drug-likeness (QED) is 0.201. The maximum atomic E-state index is 6.06. The van der Waals surface area contributed by atoms with Crippen LogP contribution in [0.15, 0.2) is 103 Å². The smallest absolute Gasteiger partial charge is 0.119 e. The molecule has 230 valence electrons. The summed E-state index contributed by atoms with van der Waals surface area (Å²) in [6, 6.07) is 37.0. The fourth-order valence-electron chi connectivity index (χ4n) is 8.12. The molecular formula is C40H48N2O2. The van der Waals surface area contributed by atoms with Crippen LogP contribution < -0.4 is 14.8 Å². The molecule has 0 aromatic heterocycles. The van der Waals surface area contributed by atoms with Gasteiger partial charge in [0.25, 0.3) is 0 Å². The number of hydrogen-bond acceptors (Lipinski definition) is 4. The summed E-state index contributed by atoms with van der Waals surface area (Å²) >= 11 is 0. The molecule has 0 spiro atoms. The molecule has 3 aliphatic carbocycles. The van der Waals surface area contributed by atoms with Crippen molar-refractivity contribution < 1.29 is 9.47 Å². The van der Waals surface area contributed by atoms with E-state index in [1.54, 1.807) is 29.4 Å². The lowest BCUT2D eigenvalue weighted by atomic mass is 9.54. The molecule has 2 bridgehead atoms. The third-order valence-corrected chi connectivity index (χ3v) is 10.3. The van der Waals surface area contributed by atoms with Crippen LogP contribution in [0.25, 0.3) is 0 Å². The molecule has 8 rings (SSSR count). The number of methoxy groups -OCH3 is 1. The highest BCUT2D eigenvalue weighted by Gasteiger charge is 2.47. The molecule has 1 fully saturated rings. The highest BCUT2D eigenvalue weighted by atomic mass is 16.5. The van der Waals surface area contributed by atoms with Gasteiger partial charge in [0.05, 0.1) is 13.7 Å². The van der Waals surface area contributed by atoms with Crippen molar-refractivity contribution in [2.45, 2.75) is 49.4 Å². The van der Waals surface area contributed by atoms with Gasteiger partial charge in [-0.15, -0.1) is 0 Å². The van der Waals surface area contributed by atoms with Crippen molar-refractivity contribution in [3.05, 3.63) is 131 Å². The monoisotopic (exact) mass is 588 g/mol. The van der Waals surface area contributed by atoms with Crippen molar-refractivity contribution in [1.29, 1.82) is 0 Å². The van der Waals surface area contributed by atoms with E-state index in [1.807, 2.05) is 24.3 Å². The fourth-order valence-corrected chi connectivity index (χ4v) is 8.12. The molecule has 0 radical (unpaired) electrons. The lowest BCUT2D eigenvalue weighted by Crippen LogP contribution is -2.40. The average molecular weight is 589 g/mol. The molecule has 0 saturated carbocycles. The average Bonchev–Trinajstić information content (AvgIpc) is 3.09. The molecule has 4 heteroatoms. The van der Waals surface area contributed by atoms with Crippen LogP contribution in [0.2, 0.25) is 0 Å². The Balaban J connectivity index is 0.000000156. The molecular weight excluding hydrogens is 540 g/mol. The van der Waals surface area contributed by atoms with Crippen LogP contribution in [-0.4, -0.2) is 52.3 Å². The molecule has 4 aromatic carbocycles. The van der Waals surface area contributed by atoms with Crippen LogP contribution in [0, 0.1) is 5.92 Å². The molecule has 4 aromatic rings. The SMILES string of the molecule is CNCCCC12CCC(c3ccccc31)c1ccccc12.COc1ccc(OC[C@H]2CN(C)CC[C@@H]2c2ccccc2)cc1. The zero-order chi connectivity index (χ0) is 30.4. The van der Waals surface area contributed by atoms with Crippen LogP contribution in [0.5, 0.6) is 11.5 Å². The number of nitrogens with one attached hydrogen (secondary N) is 1. The zero-order valence-corrected chi connectivity index (χ0v) is 26.7. The van der Waals surface area contributed by atoms with Crippen molar-refractivity contribution >= 4 is 0 Å². The van der Waals surface area contributed by atoms with Gasteiger partial charge < -0.3 is 19.7 Å². The minimum absolute atomic E-state index is 0.263. The number of benzene rings is 4. The van der Waals surface area contributed by atoms with E-state index in [2.05, 4.69) is 103 Å². The summed E-state index contributed by atoms with van der Waals surface area (Å²) in [4.78, 5) is 2.40. The number of nitrogens with zero attached hydrogens (tertiary/aromatic N) is 1. The molecule has 0 amide bonds. The maximum absolute atomic E-state index is 6.06. The van der Waals surface area contributed by atoms with Crippen molar-refractivity contribution in [1.82, 2.24) is 10.2 Å². The van der Waals surface area contributed by atoms with Gasteiger partial charge in [-0.05, 0) is 117 Å². The highest BCUT2D eigenvalue weighted by molar-refractivity contribution is 5.58. The van der Waals surface area contributed by atoms with Crippen LogP contribution in [0.1, 0.15) is 71.8 Å². The summed E-state index contributed by atoms with van der Waals surface area (Å²) in [6.07, 6.45) is 6.32. The number of ether oxygens (including phenoxy) is 2. The lowest BCUT2D eigenvalue weighted by molar-refractivity contribution is 0.129. The molecule has 1 N–H and O–H groups in total. The van der Waals surface area contributed by atoms with Crippen LogP contribution >= 0.6 is 0 Å².